The molecule has 0 unspecified atom stereocenters. The summed E-state index contributed by atoms with van der Waals surface area (Å²) < 4.78 is 0. The molecule has 2 aromatic heterocycles. The van der Waals surface area contributed by atoms with Gasteiger partial charge in [-0.05, 0) is 35.7 Å². The minimum Gasteiger partial charge on any atom is -0.399 e. The van der Waals surface area contributed by atoms with Gasteiger partial charge in [-0.3, -0.25) is 0 Å². The van der Waals surface area contributed by atoms with Crippen LogP contribution in [-0.2, 0) is 0 Å². The highest BCUT2D eigenvalue weighted by Gasteiger charge is 1.94. The molecule has 0 fully saturated rings. The van der Waals surface area contributed by atoms with Gasteiger partial charge in [0.2, 0.25) is 0 Å². The smallest absolute Gasteiger partial charge is 0.0687 e. The minimum absolute atomic E-state index is 0.801. The number of hydrogen-bond donors (Lipinski definition) is 4. The largest absolute Gasteiger partial charge is 0.399 e. The second-order valence-corrected chi connectivity index (χ2v) is 4.61. The number of aromatic nitrogens is 2. The standard InChI is InChI=1S/2C8H8N2/c9-7-2-1-6-3-4-10-8(6)5-7;9-7-3-1-2-6-4-5-10-8(6)7/h2*1-5,10H,9H2. The quantitative estimate of drug-likeness (QED) is 0.366. The van der Waals surface area contributed by atoms with Crippen molar-refractivity contribution in [1.82, 2.24) is 9.97 Å². The second kappa shape index (κ2) is 5.01. The van der Waals surface area contributed by atoms with Crippen LogP contribution in [0, 0.1) is 0 Å². The molecule has 0 aliphatic rings. The molecule has 0 amide bonds. The van der Waals surface area contributed by atoms with Crippen LogP contribution in [0.4, 0.5) is 11.4 Å². The van der Waals surface area contributed by atoms with Crippen molar-refractivity contribution in [3.8, 4) is 0 Å². The van der Waals surface area contributed by atoms with E-state index in [0.717, 1.165) is 22.4 Å². The fourth-order valence-electron chi connectivity index (χ4n) is 2.17. The molecule has 0 aliphatic carbocycles. The van der Waals surface area contributed by atoms with Crippen molar-refractivity contribution in [2.45, 2.75) is 0 Å². The Kier molecular flexibility index (Phi) is 3.05. The Morgan fingerprint density at radius 3 is 2.40 bits per heavy atom. The molecule has 0 radical (unpaired) electrons. The first-order chi connectivity index (χ1) is 9.74. The van der Waals surface area contributed by atoms with Crippen LogP contribution in [0.15, 0.2) is 60.9 Å². The van der Waals surface area contributed by atoms with Crippen molar-refractivity contribution in [2.75, 3.05) is 11.5 Å². The summed E-state index contributed by atoms with van der Waals surface area (Å²) in [6.45, 7) is 0. The van der Waals surface area contributed by atoms with Gasteiger partial charge < -0.3 is 21.4 Å². The van der Waals surface area contributed by atoms with Crippen molar-refractivity contribution >= 4 is 33.2 Å². The fraction of sp³-hybridized carbons (Fsp3) is 0. The Labute approximate surface area is 116 Å². The first-order valence-corrected chi connectivity index (χ1v) is 6.38. The van der Waals surface area contributed by atoms with Gasteiger partial charge in [-0.1, -0.05) is 18.2 Å². The van der Waals surface area contributed by atoms with Crippen LogP contribution >= 0.6 is 0 Å². The molecule has 0 atom stereocenters. The summed E-state index contributed by atoms with van der Waals surface area (Å²) >= 11 is 0. The van der Waals surface area contributed by atoms with Crippen molar-refractivity contribution in [2.24, 2.45) is 0 Å². The molecule has 20 heavy (non-hydrogen) atoms. The number of aromatic amines is 2. The summed E-state index contributed by atoms with van der Waals surface area (Å²) in [7, 11) is 0. The van der Waals surface area contributed by atoms with E-state index in [0.29, 0.717) is 0 Å². The van der Waals surface area contributed by atoms with Gasteiger partial charge in [0.1, 0.15) is 0 Å². The molecule has 0 saturated heterocycles. The third kappa shape index (κ3) is 2.31. The Balaban J connectivity index is 0.000000121. The summed E-state index contributed by atoms with van der Waals surface area (Å²) in [5.41, 5.74) is 15.0. The zero-order valence-corrected chi connectivity index (χ0v) is 10.9. The maximum absolute atomic E-state index is 5.67. The Bertz CT molecular complexity index is 841. The van der Waals surface area contributed by atoms with E-state index in [1.807, 2.05) is 60.9 Å². The van der Waals surface area contributed by atoms with Crippen LogP contribution in [0.25, 0.3) is 21.8 Å². The van der Waals surface area contributed by atoms with Gasteiger partial charge in [0.15, 0.2) is 0 Å². The number of rotatable bonds is 0. The first kappa shape index (κ1) is 12.2. The Morgan fingerprint density at radius 2 is 1.55 bits per heavy atom. The molecule has 4 heteroatoms. The molecule has 4 nitrogen and oxygen atoms in total. The first-order valence-electron chi connectivity index (χ1n) is 6.38. The van der Waals surface area contributed by atoms with Crippen LogP contribution in [-0.4, -0.2) is 9.97 Å². The third-order valence-electron chi connectivity index (χ3n) is 3.20. The van der Waals surface area contributed by atoms with E-state index in [1.165, 1.54) is 10.8 Å². The van der Waals surface area contributed by atoms with Crippen molar-refractivity contribution in [3.05, 3.63) is 60.9 Å². The number of hydrogen-bond acceptors (Lipinski definition) is 2. The highest BCUT2D eigenvalue weighted by Crippen LogP contribution is 2.17. The lowest BCUT2D eigenvalue weighted by atomic mass is 10.2. The SMILES string of the molecule is Nc1ccc2cc[nH]c2c1.Nc1cccc2cc[nH]c12. The number of nitrogen functional groups attached to an aromatic ring is 2. The maximum Gasteiger partial charge on any atom is 0.0687 e. The van der Waals surface area contributed by atoms with Crippen molar-refractivity contribution in [3.63, 3.8) is 0 Å². The van der Waals surface area contributed by atoms with Crippen LogP contribution in [0.2, 0.25) is 0 Å². The average molecular weight is 264 g/mol. The summed E-state index contributed by atoms with van der Waals surface area (Å²) in [6.07, 6.45) is 3.80. The third-order valence-corrected chi connectivity index (χ3v) is 3.20. The molecule has 2 heterocycles. The van der Waals surface area contributed by atoms with Crippen LogP contribution in [0.3, 0.4) is 0 Å². The van der Waals surface area contributed by atoms with Crippen LogP contribution in [0.1, 0.15) is 0 Å². The van der Waals surface area contributed by atoms with Crippen molar-refractivity contribution < 1.29 is 0 Å². The zero-order chi connectivity index (χ0) is 13.9. The number of nitrogens with two attached hydrogens (primary N) is 2. The van der Waals surface area contributed by atoms with Gasteiger partial charge in [0.25, 0.3) is 0 Å². The predicted octanol–water partition coefficient (Wildman–Crippen LogP) is 3.50. The summed E-state index contributed by atoms with van der Waals surface area (Å²) in [4.78, 5) is 6.14. The predicted molar refractivity (Wildman–Crippen MR) is 85.4 cm³/mol. The second-order valence-electron chi connectivity index (χ2n) is 4.61. The number of fused-ring (bicyclic) bond motifs is 2. The Hall–Kier alpha value is -2.88. The minimum atomic E-state index is 0.801. The molecule has 100 valence electrons. The number of H-pyrrole nitrogens is 2. The van der Waals surface area contributed by atoms with Crippen molar-refractivity contribution in [1.29, 1.82) is 0 Å². The van der Waals surface area contributed by atoms with E-state index in [9.17, 15) is 0 Å². The number of para-hydroxylation sites is 1. The molecule has 2 aromatic carbocycles. The maximum atomic E-state index is 5.67. The molecule has 0 spiro atoms. The van der Waals surface area contributed by atoms with E-state index in [4.69, 9.17) is 11.5 Å². The molecule has 0 saturated carbocycles. The van der Waals surface area contributed by atoms with E-state index in [-0.39, 0.29) is 0 Å². The van der Waals surface area contributed by atoms with E-state index in [2.05, 4.69) is 9.97 Å². The van der Waals surface area contributed by atoms with E-state index < -0.39 is 0 Å². The highest BCUT2D eigenvalue weighted by molar-refractivity contribution is 5.89. The van der Waals surface area contributed by atoms with Gasteiger partial charge in [0.05, 0.1) is 11.2 Å². The molecule has 4 aromatic rings. The number of anilines is 2. The van der Waals surface area contributed by atoms with Crippen LogP contribution in [0.5, 0.6) is 0 Å². The number of benzene rings is 2. The van der Waals surface area contributed by atoms with Gasteiger partial charge in [0, 0.05) is 29.0 Å². The van der Waals surface area contributed by atoms with Gasteiger partial charge in [-0.15, -0.1) is 0 Å². The fourth-order valence-corrected chi connectivity index (χ4v) is 2.17. The molecule has 4 rings (SSSR count). The molecule has 6 N–H and O–H groups in total. The zero-order valence-electron chi connectivity index (χ0n) is 10.9. The summed E-state index contributed by atoms with van der Waals surface area (Å²) in [5.74, 6) is 0. The molecule has 0 bridgehead atoms. The van der Waals surface area contributed by atoms with E-state index >= 15 is 0 Å². The van der Waals surface area contributed by atoms with E-state index in [1.54, 1.807) is 0 Å². The number of nitrogens with one attached hydrogen (secondary N) is 2. The molecular formula is C16H16N4. The summed E-state index contributed by atoms with van der Waals surface area (Å²) in [6, 6.07) is 15.7. The monoisotopic (exact) mass is 264 g/mol. The van der Waals surface area contributed by atoms with Crippen LogP contribution < -0.4 is 11.5 Å². The molecule has 0 aliphatic heterocycles. The topological polar surface area (TPSA) is 83.6 Å². The normalized spacial score (nSPS) is 10.4. The van der Waals surface area contributed by atoms with Gasteiger partial charge >= 0.3 is 0 Å². The molecular weight excluding hydrogens is 248 g/mol. The lowest BCUT2D eigenvalue weighted by Crippen LogP contribution is -1.84. The van der Waals surface area contributed by atoms with Gasteiger partial charge in [-0.2, -0.15) is 0 Å². The van der Waals surface area contributed by atoms with Gasteiger partial charge in [-0.25, -0.2) is 0 Å². The lowest BCUT2D eigenvalue weighted by molar-refractivity contribution is 1.48. The Morgan fingerprint density at radius 1 is 0.750 bits per heavy atom. The average Bonchev–Trinajstić information content (AvgIpc) is 3.07. The lowest BCUT2D eigenvalue weighted by Gasteiger charge is -1.92. The summed E-state index contributed by atoms with van der Waals surface area (Å²) in [5, 5.41) is 2.37. The highest BCUT2D eigenvalue weighted by atomic mass is 14.7.